The first kappa shape index (κ1) is 22.3. The van der Waals surface area contributed by atoms with Crippen molar-refractivity contribution in [2.45, 2.75) is 13.3 Å². The highest BCUT2D eigenvalue weighted by Crippen LogP contribution is 2.27. The van der Waals surface area contributed by atoms with Crippen LogP contribution in [0.5, 0.6) is 5.75 Å². The van der Waals surface area contributed by atoms with Gasteiger partial charge in [0.2, 0.25) is 0 Å². The van der Waals surface area contributed by atoms with E-state index in [1.807, 2.05) is 0 Å². The van der Waals surface area contributed by atoms with Gasteiger partial charge in [0, 0.05) is 36.1 Å². The summed E-state index contributed by atoms with van der Waals surface area (Å²) in [5, 5.41) is 3.43. The van der Waals surface area contributed by atoms with Gasteiger partial charge in [-0.2, -0.15) is 4.37 Å². The molecule has 11 heteroatoms. The van der Waals surface area contributed by atoms with Gasteiger partial charge in [0.1, 0.15) is 4.88 Å². The van der Waals surface area contributed by atoms with E-state index < -0.39 is 5.82 Å². The number of aryl methyl sites for hydroxylation is 1. The summed E-state index contributed by atoms with van der Waals surface area (Å²) in [6.45, 7) is 3.95. The molecule has 1 saturated heterocycles. The first-order chi connectivity index (χ1) is 15.5. The van der Waals surface area contributed by atoms with Gasteiger partial charge in [0.25, 0.3) is 11.8 Å². The van der Waals surface area contributed by atoms with Crippen LogP contribution >= 0.6 is 22.9 Å². The second-order valence-corrected chi connectivity index (χ2v) is 9.04. The predicted molar refractivity (Wildman–Crippen MR) is 119 cm³/mol. The summed E-state index contributed by atoms with van der Waals surface area (Å²) < 4.78 is 28.5. The average Bonchev–Trinajstić information content (AvgIpc) is 3.41. The molecule has 1 fully saturated rings. The van der Waals surface area contributed by atoms with Crippen LogP contribution in [-0.4, -0.2) is 59.5 Å². The Labute approximate surface area is 192 Å². The number of aromatic nitrogens is 2. The molecule has 2 aromatic heterocycles. The van der Waals surface area contributed by atoms with Crippen LogP contribution in [0.4, 0.5) is 10.1 Å². The number of carbonyl (C=O) groups excluding carboxylic acids is 2. The van der Waals surface area contributed by atoms with Crippen LogP contribution in [0.2, 0.25) is 0 Å². The van der Waals surface area contributed by atoms with Gasteiger partial charge in [-0.05, 0) is 30.6 Å². The SMILES string of the molecule is COc1ccc(NC(=O)c2c(C)nsc2Cc2ncc(C(=O)N3CCOCC3)s2)cc1F. The molecule has 0 saturated carbocycles. The van der Waals surface area contributed by atoms with Crippen LogP contribution in [0.25, 0.3) is 0 Å². The standard InChI is InChI=1S/C21H21FN4O4S2/c1-12-19(20(27)24-13-3-4-15(29-2)14(22)9-13)16(32-25-12)10-18-23-11-17(31-18)21(28)26-5-7-30-8-6-26/h3-4,9,11H,5-8,10H2,1-2H3,(H,24,27). The van der Waals surface area contributed by atoms with Crippen LogP contribution < -0.4 is 10.1 Å². The van der Waals surface area contributed by atoms with Crippen molar-refractivity contribution in [2.24, 2.45) is 0 Å². The zero-order valence-corrected chi connectivity index (χ0v) is 19.1. The molecule has 4 rings (SSSR count). The molecule has 1 aliphatic heterocycles. The lowest BCUT2D eigenvalue weighted by Gasteiger charge is -2.26. The van der Waals surface area contributed by atoms with Gasteiger partial charge in [-0.3, -0.25) is 9.59 Å². The number of nitrogens with zero attached hydrogens (tertiary/aromatic N) is 3. The van der Waals surface area contributed by atoms with E-state index in [0.717, 1.165) is 9.88 Å². The molecule has 1 N–H and O–H groups in total. The van der Waals surface area contributed by atoms with E-state index >= 15 is 0 Å². The molecule has 0 atom stereocenters. The minimum absolute atomic E-state index is 0.0583. The monoisotopic (exact) mass is 476 g/mol. The molecule has 8 nitrogen and oxygen atoms in total. The number of halogens is 1. The number of hydrogen-bond donors (Lipinski definition) is 1. The van der Waals surface area contributed by atoms with Gasteiger partial charge < -0.3 is 19.7 Å². The van der Waals surface area contributed by atoms with E-state index in [1.165, 1.54) is 42.1 Å². The fourth-order valence-electron chi connectivity index (χ4n) is 3.32. The number of benzene rings is 1. The third kappa shape index (κ3) is 4.79. The summed E-state index contributed by atoms with van der Waals surface area (Å²) in [5.74, 6) is -0.900. The highest BCUT2D eigenvalue weighted by molar-refractivity contribution is 7.13. The Morgan fingerprint density at radius 3 is 2.81 bits per heavy atom. The first-order valence-corrected chi connectivity index (χ1v) is 11.5. The van der Waals surface area contributed by atoms with Crippen molar-refractivity contribution >= 4 is 40.4 Å². The molecule has 0 unspecified atom stereocenters. The molecule has 0 aliphatic carbocycles. The Balaban J connectivity index is 1.48. The summed E-state index contributed by atoms with van der Waals surface area (Å²) in [6, 6.07) is 4.22. The molecule has 1 aliphatic rings. The van der Waals surface area contributed by atoms with Gasteiger partial charge in [-0.1, -0.05) is 0 Å². The molecule has 0 spiro atoms. The van der Waals surface area contributed by atoms with Crippen molar-refractivity contribution in [3.8, 4) is 5.75 Å². The molecule has 168 valence electrons. The maximum atomic E-state index is 14.0. The van der Waals surface area contributed by atoms with Crippen molar-refractivity contribution < 1.29 is 23.5 Å². The summed E-state index contributed by atoms with van der Waals surface area (Å²) >= 11 is 2.52. The number of carbonyl (C=O) groups is 2. The number of hydrogen-bond acceptors (Lipinski definition) is 8. The van der Waals surface area contributed by atoms with Crippen molar-refractivity contribution in [1.82, 2.24) is 14.3 Å². The van der Waals surface area contributed by atoms with E-state index in [-0.39, 0.29) is 17.6 Å². The van der Waals surface area contributed by atoms with Crippen LogP contribution in [0.15, 0.2) is 24.4 Å². The van der Waals surface area contributed by atoms with Gasteiger partial charge in [-0.15, -0.1) is 11.3 Å². The van der Waals surface area contributed by atoms with Gasteiger partial charge in [0.05, 0.1) is 42.8 Å². The van der Waals surface area contributed by atoms with Gasteiger partial charge in [0.15, 0.2) is 11.6 Å². The smallest absolute Gasteiger partial charge is 0.265 e. The lowest BCUT2D eigenvalue weighted by Crippen LogP contribution is -2.40. The number of methoxy groups -OCH3 is 1. The molecular formula is C21H21FN4O4S2. The Morgan fingerprint density at radius 1 is 1.31 bits per heavy atom. The molecule has 0 bridgehead atoms. The highest BCUT2D eigenvalue weighted by Gasteiger charge is 2.23. The van der Waals surface area contributed by atoms with Crippen molar-refractivity contribution in [1.29, 1.82) is 0 Å². The van der Waals surface area contributed by atoms with E-state index in [2.05, 4.69) is 14.7 Å². The number of rotatable bonds is 6. The number of thiazole rings is 1. The Morgan fingerprint density at radius 2 is 2.09 bits per heavy atom. The van der Waals surface area contributed by atoms with Crippen molar-refractivity contribution in [3.63, 3.8) is 0 Å². The maximum absolute atomic E-state index is 14.0. The van der Waals surface area contributed by atoms with E-state index in [0.29, 0.717) is 54.5 Å². The average molecular weight is 477 g/mol. The normalized spacial score (nSPS) is 13.8. The molecule has 1 aromatic carbocycles. The summed E-state index contributed by atoms with van der Waals surface area (Å²) in [6.07, 6.45) is 1.96. The molecule has 3 aromatic rings. The fourth-order valence-corrected chi connectivity index (χ4v) is 5.18. The van der Waals surface area contributed by atoms with E-state index in [4.69, 9.17) is 9.47 Å². The number of ether oxygens (including phenoxy) is 2. The third-order valence-corrected chi connectivity index (χ3v) is 6.86. The topological polar surface area (TPSA) is 93.7 Å². The van der Waals surface area contributed by atoms with Crippen LogP contribution in [0.1, 0.15) is 35.6 Å². The maximum Gasteiger partial charge on any atom is 0.265 e. The van der Waals surface area contributed by atoms with Crippen molar-refractivity contribution in [2.75, 3.05) is 38.7 Å². The molecular weight excluding hydrogens is 455 g/mol. The molecule has 0 radical (unpaired) electrons. The summed E-state index contributed by atoms with van der Waals surface area (Å²) in [4.78, 5) is 33.0. The summed E-state index contributed by atoms with van der Waals surface area (Å²) in [7, 11) is 1.38. The van der Waals surface area contributed by atoms with Crippen LogP contribution in [0, 0.1) is 12.7 Å². The fraction of sp³-hybridized carbons (Fsp3) is 0.333. The largest absolute Gasteiger partial charge is 0.494 e. The third-order valence-electron chi connectivity index (χ3n) is 4.94. The lowest BCUT2D eigenvalue weighted by atomic mass is 10.1. The van der Waals surface area contributed by atoms with Crippen LogP contribution in [0.3, 0.4) is 0 Å². The van der Waals surface area contributed by atoms with E-state index in [1.54, 1.807) is 24.1 Å². The predicted octanol–water partition coefficient (Wildman–Crippen LogP) is 3.37. The molecule has 32 heavy (non-hydrogen) atoms. The zero-order chi connectivity index (χ0) is 22.7. The van der Waals surface area contributed by atoms with Gasteiger partial charge in [-0.25, -0.2) is 9.37 Å². The lowest BCUT2D eigenvalue weighted by molar-refractivity contribution is 0.0306. The number of amides is 2. The Kier molecular flexibility index (Phi) is 6.77. The quantitative estimate of drug-likeness (QED) is 0.586. The zero-order valence-electron chi connectivity index (χ0n) is 17.5. The summed E-state index contributed by atoms with van der Waals surface area (Å²) in [5.41, 5.74) is 1.33. The highest BCUT2D eigenvalue weighted by atomic mass is 32.1. The van der Waals surface area contributed by atoms with Crippen LogP contribution in [-0.2, 0) is 11.2 Å². The number of nitrogens with one attached hydrogen (secondary N) is 1. The van der Waals surface area contributed by atoms with Gasteiger partial charge >= 0.3 is 0 Å². The Bertz CT molecular complexity index is 1140. The van der Waals surface area contributed by atoms with E-state index in [9.17, 15) is 14.0 Å². The molecule has 3 heterocycles. The van der Waals surface area contributed by atoms with Crippen molar-refractivity contribution in [3.05, 3.63) is 56.2 Å². The first-order valence-electron chi connectivity index (χ1n) is 9.88. The number of anilines is 1. The minimum Gasteiger partial charge on any atom is -0.494 e. The molecule has 2 amide bonds. The minimum atomic E-state index is -0.564. The number of morpholine rings is 1. The second-order valence-electron chi connectivity index (χ2n) is 7.07. The second kappa shape index (κ2) is 9.72. The Hall–Kier alpha value is -2.89.